The zero-order valence-corrected chi connectivity index (χ0v) is 9.59. The Morgan fingerprint density at radius 1 is 1.33 bits per heavy atom. The average Bonchev–Trinajstić information content (AvgIpc) is 2.27. The third-order valence-corrected chi connectivity index (χ3v) is 4.94. The molecule has 3 heteroatoms. The fraction of sp³-hybridized carbons (Fsp3) is 0.583. The van der Waals surface area contributed by atoms with E-state index in [1.807, 2.05) is 6.08 Å². The molecule has 3 rings (SSSR count). The fourth-order valence-corrected chi connectivity index (χ4v) is 4.12. The Kier molecular flexibility index (Phi) is 2.35. The molecule has 3 aliphatic rings. The van der Waals surface area contributed by atoms with Crippen molar-refractivity contribution in [3.63, 3.8) is 0 Å². The van der Waals surface area contributed by atoms with Gasteiger partial charge in [-0.05, 0) is 31.8 Å². The number of allylic oxidation sites excluding steroid dienone is 2. The van der Waals surface area contributed by atoms with E-state index in [1.54, 1.807) is 0 Å². The minimum absolute atomic E-state index is 0.529. The van der Waals surface area contributed by atoms with Gasteiger partial charge in [0.15, 0.2) is 0 Å². The summed E-state index contributed by atoms with van der Waals surface area (Å²) >= 11 is 2.08. The highest BCUT2D eigenvalue weighted by Crippen LogP contribution is 2.41. The van der Waals surface area contributed by atoms with E-state index in [-0.39, 0.29) is 0 Å². The Morgan fingerprint density at radius 3 is 3.20 bits per heavy atom. The standard InChI is InChI=1S/C12H16N2S/c13-8-4-3-7-11-12(8)14-9-5-1-2-6-10(9)15-11/h3-4,10-11H,1-2,5-7,13H2. The lowest BCUT2D eigenvalue weighted by Crippen LogP contribution is -2.31. The van der Waals surface area contributed by atoms with E-state index < -0.39 is 0 Å². The predicted molar refractivity (Wildman–Crippen MR) is 66.0 cm³/mol. The Balaban J connectivity index is 1.98. The number of nitrogens with zero attached hydrogens (tertiary/aromatic N) is 1. The van der Waals surface area contributed by atoms with E-state index in [0.717, 1.165) is 17.8 Å². The number of hydrogen-bond donors (Lipinski definition) is 1. The maximum atomic E-state index is 5.98. The number of rotatable bonds is 0. The fourth-order valence-electron chi connectivity index (χ4n) is 2.55. The molecule has 1 heterocycles. The van der Waals surface area contributed by atoms with Crippen molar-refractivity contribution in [1.29, 1.82) is 0 Å². The third kappa shape index (κ3) is 1.63. The van der Waals surface area contributed by atoms with Crippen LogP contribution in [0.3, 0.4) is 0 Å². The number of thioether (sulfide) groups is 1. The normalized spacial score (nSPS) is 34.5. The van der Waals surface area contributed by atoms with E-state index in [4.69, 9.17) is 10.7 Å². The molecule has 0 saturated heterocycles. The molecule has 0 bridgehead atoms. The first-order valence-corrected chi connectivity index (χ1v) is 6.68. The van der Waals surface area contributed by atoms with Crippen LogP contribution in [0.4, 0.5) is 0 Å². The van der Waals surface area contributed by atoms with Crippen molar-refractivity contribution in [2.75, 3.05) is 0 Å². The van der Waals surface area contributed by atoms with Crippen LogP contribution >= 0.6 is 11.8 Å². The molecular weight excluding hydrogens is 204 g/mol. The molecular formula is C12H16N2S. The van der Waals surface area contributed by atoms with Crippen molar-refractivity contribution in [2.24, 2.45) is 10.7 Å². The number of aliphatic imine (C=N–C) groups is 1. The van der Waals surface area contributed by atoms with E-state index in [2.05, 4.69) is 17.8 Å². The molecule has 15 heavy (non-hydrogen) atoms. The van der Waals surface area contributed by atoms with Crippen LogP contribution in [0.15, 0.2) is 28.5 Å². The molecule has 0 aromatic heterocycles. The minimum atomic E-state index is 0.529. The molecule has 1 aliphatic heterocycles. The second-order valence-electron chi connectivity index (χ2n) is 4.44. The molecule has 0 aromatic rings. The summed E-state index contributed by atoms with van der Waals surface area (Å²) in [5, 5.41) is 1.22. The summed E-state index contributed by atoms with van der Waals surface area (Å²) in [4.78, 5) is 4.81. The lowest BCUT2D eigenvalue weighted by molar-refractivity contribution is 0.666. The van der Waals surface area contributed by atoms with E-state index in [1.165, 1.54) is 31.4 Å². The number of nitrogens with two attached hydrogens (primary N) is 1. The number of hydrogen-bond acceptors (Lipinski definition) is 3. The van der Waals surface area contributed by atoms with Crippen molar-refractivity contribution in [3.05, 3.63) is 23.5 Å². The first-order chi connectivity index (χ1) is 7.34. The van der Waals surface area contributed by atoms with Gasteiger partial charge >= 0.3 is 0 Å². The second kappa shape index (κ2) is 3.71. The smallest absolute Gasteiger partial charge is 0.0765 e. The van der Waals surface area contributed by atoms with E-state index in [9.17, 15) is 0 Å². The molecule has 2 aliphatic carbocycles. The van der Waals surface area contributed by atoms with Gasteiger partial charge in [0, 0.05) is 11.0 Å². The zero-order valence-electron chi connectivity index (χ0n) is 8.78. The zero-order chi connectivity index (χ0) is 10.3. The van der Waals surface area contributed by atoms with Gasteiger partial charge in [0.05, 0.1) is 16.6 Å². The quantitative estimate of drug-likeness (QED) is 0.681. The monoisotopic (exact) mass is 220 g/mol. The Hall–Kier alpha value is -0.700. The predicted octanol–water partition coefficient (Wildman–Crippen LogP) is 2.62. The Morgan fingerprint density at radius 2 is 2.27 bits per heavy atom. The highest BCUT2D eigenvalue weighted by molar-refractivity contribution is 8.01. The largest absolute Gasteiger partial charge is 0.397 e. The van der Waals surface area contributed by atoms with E-state index in [0.29, 0.717) is 10.5 Å². The molecule has 1 fully saturated rings. The first kappa shape index (κ1) is 9.52. The van der Waals surface area contributed by atoms with Crippen LogP contribution in [0.1, 0.15) is 32.1 Å². The summed E-state index contributed by atoms with van der Waals surface area (Å²) in [6.07, 6.45) is 10.5. The van der Waals surface area contributed by atoms with Gasteiger partial charge in [-0.3, -0.25) is 4.99 Å². The van der Waals surface area contributed by atoms with Crippen molar-refractivity contribution in [3.8, 4) is 0 Å². The van der Waals surface area contributed by atoms with Crippen LogP contribution in [0.2, 0.25) is 0 Å². The van der Waals surface area contributed by atoms with Gasteiger partial charge in [0.25, 0.3) is 0 Å². The Bertz CT molecular complexity index is 368. The van der Waals surface area contributed by atoms with Gasteiger partial charge in [-0.25, -0.2) is 0 Å². The Labute approximate surface area is 94.7 Å². The lowest BCUT2D eigenvalue weighted by atomic mass is 9.97. The van der Waals surface area contributed by atoms with Crippen molar-refractivity contribution < 1.29 is 0 Å². The maximum Gasteiger partial charge on any atom is 0.0765 e. The van der Waals surface area contributed by atoms with Crippen LogP contribution in [0.25, 0.3) is 0 Å². The molecule has 1 saturated carbocycles. The molecule has 0 spiro atoms. The van der Waals surface area contributed by atoms with Crippen LogP contribution in [0, 0.1) is 0 Å². The van der Waals surface area contributed by atoms with Crippen LogP contribution < -0.4 is 5.73 Å². The highest BCUT2D eigenvalue weighted by atomic mass is 32.2. The lowest BCUT2D eigenvalue weighted by Gasteiger charge is -2.34. The minimum Gasteiger partial charge on any atom is -0.397 e. The van der Waals surface area contributed by atoms with Crippen molar-refractivity contribution in [1.82, 2.24) is 0 Å². The molecule has 2 N–H and O–H groups in total. The summed E-state index contributed by atoms with van der Waals surface area (Å²) < 4.78 is 0. The number of fused-ring (bicyclic) bond motifs is 2. The molecule has 2 nitrogen and oxygen atoms in total. The summed E-state index contributed by atoms with van der Waals surface area (Å²) in [5.74, 6) is 0. The average molecular weight is 220 g/mol. The molecule has 2 unspecified atom stereocenters. The SMILES string of the molecule is NC1=C2N=C3CCCCC3SC2CC=C1. The van der Waals surface area contributed by atoms with Crippen molar-refractivity contribution >= 4 is 17.5 Å². The third-order valence-electron chi connectivity index (χ3n) is 3.36. The molecule has 0 amide bonds. The topological polar surface area (TPSA) is 38.4 Å². The van der Waals surface area contributed by atoms with Crippen LogP contribution in [-0.2, 0) is 0 Å². The molecule has 80 valence electrons. The van der Waals surface area contributed by atoms with Gasteiger partial charge in [0.2, 0.25) is 0 Å². The highest BCUT2D eigenvalue weighted by Gasteiger charge is 2.32. The van der Waals surface area contributed by atoms with E-state index >= 15 is 0 Å². The summed E-state index contributed by atoms with van der Waals surface area (Å²) in [7, 11) is 0. The molecule has 0 radical (unpaired) electrons. The van der Waals surface area contributed by atoms with Gasteiger partial charge in [-0.15, -0.1) is 11.8 Å². The molecule has 0 aromatic carbocycles. The first-order valence-electron chi connectivity index (χ1n) is 5.73. The molecule has 2 atom stereocenters. The van der Waals surface area contributed by atoms with Gasteiger partial charge in [-0.1, -0.05) is 12.5 Å². The van der Waals surface area contributed by atoms with Gasteiger partial charge in [0.1, 0.15) is 0 Å². The van der Waals surface area contributed by atoms with Gasteiger partial charge in [-0.2, -0.15) is 0 Å². The second-order valence-corrected chi connectivity index (χ2v) is 5.85. The van der Waals surface area contributed by atoms with Crippen LogP contribution in [-0.4, -0.2) is 16.2 Å². The summed E-state index contributed by atoms with van der Waals surface area (Å²) in [6, 6.07) is 0. The summed E-state index contributed by atoms with van der Waals surface area (Å²) in [5.41, 5.74) is 9.42. The van der Waals surface area contributed by atoms with Crippen LogP contribution in [0.5, 0.6) is 0 Å². The summed E-state index contributed by atoms with van der Waals surface area (Å²) in [6.45, 7) is 0. The van der Waals surface area contributed by atoms with Gasteiger partial charge < -0.3 is 5.73 Å². The van der Waals surface area contributed by atoms with Crippen molar-refractivity contribution in [2.45, 2.75) is 42.6 Å². The maximum absolute atomic E-state index is 5.98.